The summed E-state index contributed by atoms with van der Waals surface area (Å²) in [6.45, 7) is 6.91. The maximum atomic E-state index is 3.90. The van der Waals surface area contributed by atoms with Crippen LogP contribution in [-0.2, 0) is 12.8 Å². The Kier molecular flexibility index (Phi) is 2.69. The first-order valence-electron chi connectivity index (χ1n) is 5.20. The zero-order valence-corrected chi connectivity index (χ0v) is 8.72. The van der Waals surface area contributed by atoms with E-state index in [4.69, 9.17) is 0 Å². The van der Waals surface area contributed by atoms with Gasteiger partial charge in [0.2, 0.25) is 0 Å². The van der Waals surface area contributed by atoms with Gasteiger partial charge in [-0.25, -0.2) is 0 Å². The number of hydrogen-bond acceptors (Lipinski definition) is 1. The molecule has 0 aliphatic heterocycles. The van der Waals surface area contributed by atoms with E-state index in [1.54, 1.807) is 0 Å². The average molecular weight is 187 g/mol. The highest BCUT2D eigenvalue weighted by molar-refractivity contribution is 5.33. The lowest BCUT2D eigenvalue weighted by Crippen LogP contribution is -2.30. The summed E-state index contributed by atoms with van der Waals surface area (Å²) in [4.78, 5) is 0. The Morgan fingerprint density at radius 3 is 2.43 bits per heavy atom. The fraction of sp³-hybridized carbons (Fsp3) is 0.385. The van der Waals surface area contributed by atoms with E-state index in [0.717, 1.165) is 6.54 Å². The zero-order valence-electron chi connectivity index (χ0n) is 8.72. The molecule has 1 aliphatic carbocycles. The van der Waals surface area contributed by atoms with Gasteiger partial charge in [-0.15, -0.1) is 0 Å². The second-order valence-corrected chi connectivity index (χ2v) is 4.21. The standard InChI is InChI=1S/C13H17N/c1-10(2)9-14-13-7-11-5-3-4-6-12(11)8-13/h3-6,13-14H,1,7-9H2,2H3. The van der Waals surface area contributed by atoms with Gasteiger partial charge in [-0.2, -0.15) is 0 Å². The number of nitrogens with one attached hydrogen (secondary N) is 1. The fourth-order valence-electron chi connectivity index (χ4n) is 2.02. The van der Waals surface area contributed by atoms with Crippen molar-refractivity contribution in [3.63, 3.8) is 0 Å². The summed E-state index contributed by atoms with van der Waals surface area (Å²) in [6.07, 6.45) is 2.34. The first-order valence-corrected chi connectivity index (χ1v) is 5.20. The molecule has 0 spiro atoms. The van der Waals surface area contributed by atoms with Crippen molar-refractivity contribution in [3.05, 3.63) is 47.5 Å². The maximum absolute atomic E-state index is 3.90. The Labute approximate surface area is 85.8 Å². The normalized spacial score (nSPS) is 15.5. The SMILES string of the molecule is C=C(C)CNC1Cc2ccccc2C1. The largest absolute Gasteiger partial charge is 0.310 e. The van der Waals surface area contributed by atoms with Crippen LogP contribution in [0.25, 0.3) is 0 Å². The van der Waals surface area contributed by atoms with Gasteiger partial charge in [-0.3, -0.25) is 0 Å². The van der Waals surface area contributed by atoms with Gasteiger partial charge < -0.3 is 5.32 Å². The molecule has 1 N–H and O–H groups in total. The van der Waals surface area contributed by atoms with Crippen LogP contribution in [0.15, 0.2) is 36.4 Å². The smallest absolute Gasteiger partial charge is 0.0162 e. The van der Waals surface area contributed by atoms with Crippen molar-refractivity contribution in [3.8, 4) is 0 Å². The summed E-state index contributed by atoms with van der Waals surface area (Å²) in [5, 5.41) is 3.53. The van der Waals surface area contributed by atoms with Crippen LogP contribution in [0.1, 0.15) is 18.1 Å². The molecule has 0 bridgehead atoms. The number of benzene rings is 1. The van der Waals surface area contributed by atoms with Crippen LogP contribution in [0.4, 0.5) is 0 Å². The molecule has 1 heteroatoms. The first kappa shape index (κ1) is 9.47. The van der Waals surface area contributed by atoms with E-state index in [-0.39, 0.29) is 0 Å². The zero-order chi connectivity index (χ0) is 9.97. The van der Waals surface area contributed by atoms with Crippen LogP contribution in [0.5, 0.6) is 0 Å². The molecule has 0 aromatic heterocycles. The maximum Gasteiger partial charge on any atom is 0.0162 e. The lowest BCUT2D eigenvalue weighted by molar-refractivity contribution is 0.559. The topological polar surface area (TPSA) is 12.0 Å². The van der Waals surface area contributed by atoms with E-state index in [1.807, 2.05) is 0 Å². The summed E-state index contributed by atoms with van der Waals surface area (Å²) < 4.78 is 0. The Balaban J connectivity index is 1.95. The van der Waals surface area contributed by atoms with E-state index < -0.39 is 0 Å². The van der Waals surface area contributed by atoms with Crippen molar-refractivity contribution in [1.82, 2.24) is 5.32 Å². The molecule has 0 saturated carbocycles. The fourth-order valence-corrected chi connectivity index (χ4v) is 2.02. The van der Waals surface area contributed by atoms with Gasteiger partial charge in [0.1, 0.15) is 0 Å². The van der Waals surface area contributed by atoms with E-state index >= 15 is 0 Å². The monoisotopic (exact) mass is 187 g/mol. The van der Waals surface area contributed by atoms with E-state index in [2.05, 4.69) is 43.1 Å². The van der Waals surface area contributed by atoms with Crippen molar-refractivity contribution in [2.75, 3.05) is 6.54 Å². The third-order valence-electron chi connectivity index (χ3n) is 2.74. The minimum absolute atomic E-state index is 0.615. The lowest BCUT2D eigenvalue weighted by atomic mass is 10.1. The Morgan fingerprint density at radius 2 is 1.93 bits per heavy atom. The Morgan fingerprint density at radius 1 is 1.36 bits per heavy atom. The molecule has 74 valence electrons. The van der Waals surface area contributed by atoms with Crippen LogP contribution in [0.2, 0.25) is 0 Å². The number of rotatable bonds is 3. The number of hydrogen-bond donors (Lipinski definition) is 1. The minimum atomic E-state index is 0.615. The van der Waals surface area contributed by atoms with Crippen LogP contribution >= 0.6 is 0 Å². The van der Waals surface area contributed by atoms with E-state index in [9.17, 15) is 0 Å². The van der Waals surface area contributed by atoms with Gasteiger partial charge in [0.15, 0.2) is 0 Å². The molecule has 1 nitrogen and oxygen atoms in total. The summed E-state index contributed by atoms with van der Waals surface area (Å²) >= 11 is 0. The molecule has 0 saturated heterocycles. The third-order valence-corrected chi connectivity index (χ3v) is 2.74. The molecule has 1 aliphatic rings. The van der Waals surface area contributed by atoms with Gasteiger partial charge in [-0.1, -0.05) is 36.4 Å². The lowest BCUT2D eigenvalue weighted by Gasteiger charge is -2.11. The molecule has 14 heavy (non-hydrogen) atoms. The van der Waals surface area contributed by atoms with Gasteiger partial charge in [0, 0.05) is 12.6 Å². The molecule has 0 radical (unpaired) electrons. The molecule has 0 heterocycles. The molecule has 1 aromatic rings. The van der Waals surface area contributed by atoms with Gasteiger partial charge in [0.05, 0.1) is 0 Å². The summed E-state index contributed by atoms with van der Waals surface area (Å²) in [6, 6.07) is 9.33. The van der Waals surface area contributed by atoms with Crippen molar-refractivity contribution >= 4 is 0 Å². The molecule has 0 unspecified atom stereocenters. The minimum Gasteiger partial charge on any atom is -0.310 e. The van der Waals surface area contributed by atoms with Crippen LogP contribution in [0, 0.1) is 0 Å². The van der Waals surface area contributed by atoms with Gasteiger partial charge in [0.25, 0.3) is 0 Å². The molecule has 2 rings (SSSR count). The highest BCUT2D eigenvalue weighted by atomic mass is 14.9. The van der Waals surface area contributed by atoms with Crippen LogP contribution in [-0.4, -0.2) is 12.6 Å². The van der Waals surface area contributed by atoms with Crippen LogP contribution in [0.3, 0.4) is 0 Å². The third kappa shape index (κ3) is 2.05. The summed E-state index contributed by atoms with van der Waals surface area (Å²) in [5.74, 6) is 0. The van der Waals surface area contributed by atoms with Crippen molar-refractivity contribution < 1.29 is 0 Å². The van der Waals surface area contributed by atoms with Crippen LogP contribution < -0.4 is 5.32 Å². The summed E-state index contributed by atoms with van der Waals surface area (Å²) in [7, 11) is 0. The second kappa shape index (κ2) is 3.97. The first-order chi connectivity index (χ1) is 6.75. The predicted octanol–water partition coefficient (Wildman–Crippen LogP) is 2.32. The molecular weight excluding hydrogens is 170 g/mol. The Bertz CT molecular complexity index is 316. The average Bonchev–Trinajstić information content (AvgIpc) is 2.57. The van der Waals surface area contributed by atoms with E-state index in [0.29, 0.717) is 6.04 Å². The molecule has 1 aromatic carbocycles. The summed E-state index contributed by atoms with van der Waals surface area (Å²) in [5.41, 5.74) is 4.22. The molecule has 0 atom stereocenters. The molecule has 0 amide bonds. The van der Waals surface area contributed by atoms with Crippen molar-refractivity contribution in [2.45, 2.75) is 25.8 Å². The second-order valence-electron chi connectivity index (χ2n) is 4.21. The van der Waals surface area contributed by atoms with Gasteiger partial charge in [-0.05, 0) is 30.9 Å². The van der Waals surface area contributed by atoms with E-state index in [1.165, 1.54) is 29.5 Å². The molecule has 0 fully saturated rings. The highest BCUT2D eigenvalue weighted by Crippen LogP contribution is 2.21. The highest BCUT2D eigenvalue weighted by Gasteiger charge is 2.19. The quantitative estimate of drug-likeness (QED) is 0.716. The Hall–Kier alpha value is -1.08. The molecular formula is C13H17N. The predicted molar refractivity (Wildman–Crippen MR) is 60.5 cm³/mol. The van der Waals surface area contributed by atoms with Crippen molar-refractivity contribution in [1.29, 1.82) is 0 Å². The number of fused-ring (bicyclic) bond motifs is 1. The van der Waals surface area contributed by atoms with Crippen molar-refractivity contribution in [2.24, 2.45) is 0 Å². The van der Waals surface area contributed by atoms with Gasteiger partial charge >= 0.3 is 0 Å².